The minimum atomic E-state index is 0.444. The molecule has 0 spiro atoms. The van der Waals surface area contributed by atoms with E-state index in [-0.39, 0.29) is 0 Å². The summed E-state index contributed by atoms with van der Waals surface area (Å²) in [5.41, 5.74) is 0. The van der Waals surface area contributed by atoms with Gasteiger partial charge in [0.05, 0.1) is 0 Å². The van der Waals surface area contributed by atoms with Gasteiger partial charge in [-0.1, -0.05) is 0 Å². The molecule has 2 rings (SSSR count). The molecular formula is C8H12OS. The number of ketones is 1. The number of hydrogen-bond acceptors (Lipinski definition) is 2. The van der Waals surface area contributed by atoms with E-state index in [0.717, 1.165) is 12.3 Å². The minimum absolute atomic E-state index is 0.444. The lowest BCUT2D eigenvalue weighted by Crippen LogP contribution is -2.21. The second-order valence-electron chi connectivity index (χ2n) is 3.39. The van der Waals surface area contributed by atoms with Crippen molar-refractivity contribution in [2.75, 3.05) is 6.26 Å². The summed E-state index contributed by atoms with van der Waals surface area (Å²) in [5, 5.41) is 0.672. The molecule has 2 fully saturated rings. The van der Waals surface area contributed by atoms with Crippen LogP contribution in [-0.4, -0.2) is 17.3 Å². The fourth-order valence-corrected chi connectivity index (χ4v) is 3.36. The standard InChI is InChI=1S/C8H12OS/c1-10-8-4-5-2-6(8)7(9)3-5/h5-6,8H,2-4H2,1H3/t5-,6+,8+/m0/s1. The van der Waals surface area contributed by atoms with E-state index in [2.05, 4.69) is 6.26 Å². The number of carbonyl (C=O) groups excluding carboxylic acids is 1. The third-order valence-corrected chi connectivity index (χ3v) is 3.93. The van der Waals surface area contributed by atoms with Gasteiger partial charge in [-0.25, -0.2) is 0 Å². The quantitative estimate of drug-likeness (QED) is 0.575. The molecule has 2 saturated carbocycles. The first-order valence-corrected chi connectivity index (χ1v) is 5.15. The second-order valence-corrected chi connectivity index (χ2v) is 4.47. The maximum absolute atomic E-state index is 11.2. The summed E-state index contributed by atoms with van der Waals surface area (Å²) in [7, 11) is 0. The first-order valence-electron chi connectivity index (χ1n) is 3.86. The molecule has 0 aromatic heterocycles. The van der Waals surface area contributed by atoms with Gasteiger partial charge in [0.15, 0.2) is 0 Å². The van der Waals surface area contributed by atoms with Gasteiger partial charge in [-0.2, -0.15) is 11.8 Å². The highest BCUT2D eigenvalue weighted by Crippen LogP contribution is 2.46. The predicted octanol–water partition coefficient (Wildman–Crippen LogP) is 1.72. The molecule has 0 heterocycles. The van der Waals surface area contributed by atoms with E-state index >= 15 is 0 Å². The zero-order valence-electron chi connectivity index (χ0n) is 6.17. The van der Waals surface area contributed by atoms with Crippen LogP contribution in [0.5, 0.6) is 0 Å². The van der Waals surface area contributed by atoms with Crippen molar-refractivity contribution >= 4 is 17.5 Å². The molecule has 2 heteroatoms. The average Bonchev–Trinajstić information content (AvgIpc) is 2.44. The lowest BCUT2D eigenvalue weighted by Gasteiger charge is -2.17. The zero-order valence-corrected chi connectivity index (χ0v) is 6.99. The molecule has 3 atom stereocenters. The van der Waals surface area contributed by atoms with Gasteiger partial charge in [0.2, 0.25) is 0 Å². The van der Waals surface area contributed by atoms with Gasteiger partial charge in [-0.05, 0) is 25.0 Å². The zero-order chi connectivity index (χ0) is 7.14. The van der Waals surface area contributed by atoms with Crippen LogP contribution in [0.4, 0.5) is 0 Å². The first-order chi connectivity index (χ1) is 4.81. The molecule has 0 N–H and O–H groups in total. The summed E-state index contributed by atoms with van der Waals surface area (Å²) in [4.78, 5) is 11.2. The van der Waals surface area contributed by atoms with Crippen LogP contribution in [0.3, 0.4) is 0 Å². The molecule has 1 nitrogen and oxygen atoms in total. The molecule has 0 amide bonds. The van der Waals surface area contributed by atoms with E-state index in [1.807, 2.05) is 11.8 Å². The highest BCUT2D eigenvalue weighted by molar-refractivity contribution is 7.99. The fourth-order valence-electron chi connectivity index (χ4n) is 2.30. The van der Waals surface area contributed by atoms with Crippen molar-refractivity contribution in [2.45, 2.75) is 24.5 Å². The Morgan fingerprint density at radius 1 is 1.50 bits per heavy atom. The van der Waals surface area contributed by atoms with E-state index in [4.69, 9.17) is 0 Å². The fraction of sp³-hybridized carbons (Fsp3) is 0.875. The topological polar surface area (TPSA) is 17.1 Å². The van der Waals surface area contributed by atoms with Gasteiger partial charge in [0, 0.05) is 17.6 Å². The largest absolute Gasteiger partial charge is 0.299 e. The number of thioether (sulfide) groups is 1. The van der Waals surface area contributed by atoms with Crippen LogP contribution in [0.15, 0.2) is 0 Å². The van der Waals surface area contributed by atoms with Crippen LogP contribution in [0, 0.1) is 11.8 Å². The van der Waals surface area contributed by atoms with Crippen molar-refractivity contribution in [3.63, 3.8) is 0 Å². The molecule has 0 unspecified atom stereocenters. The molecule has 0 aromatic carbocycles. The Hall–Kier alpha value is 0.0200. The monoisotopic (exact) mass is 156 g/mol. The predicted molar refractivity (Wildman–Crippen MR) is 43.1 cm³/mol. The van der Waals surface area contributed by atoms with E-state index in [1.54, 1.807) is 0 Å². The Morgan fingerprint density at radius 2 is 2.30 bits per heavy atom. The lowest BCUT2D eigenvalue weighted by molar-refractivity contribution is -0.121. The van der Waals surface area contributed by atoms with Crippen LogP contribution in [-0.2, 0) is 4.79 Å². The molecule has 0 aliphatic heterocycles. The Balaban J connectivity index is 2.12. The highest BCUT2D eigenvalue weighted by Gasteiger charge is 2.44. The Bertz CT molecular complexity index is 167. The molecule has 56 valence electrons. The van der Waals surface area contributed by atoms with Crippen LogP contribution in [0.2, 0.25) is 0 Å². The van der Waals surface area contributed by atoms with E-state index in [9.17, 15) is 4.79 Å². The smallest absolute Gasteiger partial charge is 0.137 e. The van der Waals surface area contributed by atoms with E-state index in [0.29, 0.717) is 17.0 Å². The second kappa shape index (κ2) is 2.26. The third kappa shape index (κ3) is 0.815. The summed E-state index contributed by atoms with van der Waals surface area (Å²) < 4.78 is 0. The maximum atomic E-state index is 11.2. The summed E-state index contributed by atoms with van der Waals surface area (Å²) in [6.07, 6.45) is 5.52. The summed E-state index contributed by atoms with van der Waals surface area (Å²) >= 11 is 1.88. The van der Waals surface area contributed by atoms with Crippen LogP contribution in [0.1, 0.15) is 19.3 Å². The van der Waals surface area contributed by atoms with Crippen LogP contribution in [0.25, 0.3) is 0 Å². The van der Waals surface area contributed by atoms with Gasteiger partial charge in [-0.3, -0.25) is 4.79 Å². The molecule has 2 aliphatic carbocycles. The third-order valence-electron chi connectivity index (χ3n) is 2.81. The van der Waals surface area contributed by atoms with Crippen molar-refractivity contribution in [2.24, 2.45) is 11.8 Å². The number of rotatable bonds is 1. The van der Waals surface area contributed by atoms with Crippen molar-refractivity contribution in [3.05, 3.63) is 0 Å². The lowest BCUT2D eigenvalue weighted by atomic mass is 9.99. The SMILES string of the molecule is CS[C@@H]1C[C@@H]2CC(=O)[C@H]1C2. The first kappa shape index (κ1) is 6.71. The molecule has 0 aromatic rings. The molecule has 2 aliphatic rings. The Kier molecular flexibility index (Phi) is 1.52. The highest BCUT2D eigenvalue weighted by atomic mass is 32.2. The van der Waals surface area contributed by atoms with Crippen molar-refractivity contribution in [3.8, 4) is 0 Å². The Labute approximate surface area is 65.6 Å². The van der Waals surface area contributed by atoms with E-state index < -0.39 is 0 Å². The molecule has 2 bridgehead atoms. The Morgan fingerprint density at radius 3 is 2.70 bits per heavy atom. The van der Waals surface area contributed by atoms with Crippen LogP contribution >= 0.6 is 11.8 Å². The van der Waals surface area contributed by atoms with Gasteiger partial charge in [0.25, 0.3) is 0 Å². The number of hydrogen-bond donors (Lipinski definition) is 0. The van der Waals surface area contributed by atoms with E-state index in [1.165, 1.54) is 12.8 Å². The van der Waals surface area contributed by atoms with Gasteiger partial charge in [0.1, 0.15) is 5.78 Å². The van der Waals surface area contributed by atoms with Crippen molar-refractivity contribution < 1.29 is 4.79 Å². The molecular weight excluding hydrogens is 144 g/mol. The van der Waals surface area contributed by atoms with Crippen molar-refractivity contribution in [1.29, 1.82) is 0 Å². The summed E-state index contributed by atoms with van der Waals surface area (Å²) in [6, 6.07) is 0. The number of carbonyl (C=O) groups is 1. The van der Waals surface area contributed by atoms with Gasteiger partial charge >= 0.3 is 0 Å². The molecule has 0 radical (unpaired) electrons. The average molecular weight is 156 g/mol. The minimum Gasteiger partial charge on any atom is -0.299 e. The number of fused-ring (bicyclic) bond motifs is 2. The van der Waals surface area contributed by atoms with Crippen molar-refractivity contribution in [1.82, 2.24) is 0 Å². The van der Waals surface area contributed by atoms with Gasteiger partial charge in [-0.15, -0.1) is 0 Å². The normalized spacial score (nSPS) is 44.9. The maximum Gasteiger partial charge on any atom is 0.137 e. The molecule has 10 heavy (non-hydrogen) atoms. The van der Waals surface area contributed by atoms with Gasteiger partial charge < -0.3 is 0 Å². The summed E-state index contributed by atoms with van der Waals surface area (Å²) in [6.45, 7) is 0. The number of Topliss-reactive ketones (excluding diaryl/α,β-unsaturated/α-hetero) is 1. The van der Waals surface area contributed by atoms with Crippen LogP contribution < -0.4 is 0 Å². The molecule has 0 saturated heterocycles. The summed E-state index contributed by atoms with van der Waals surface area (Å²) in [5.74, 6) is 1.74.